The monoisotopic (exact) mass is 515 g/mol. The van der Waals surface area contributed by atoms with Crippen LogP contribution < -0.4 is 9.62 Å². The highest BCUT2D eigenvalue weighted by Gasteiger charge is 2.31. The first-order valence-electron chi connectivity index (χ1n) is 12.4. The van der Waals surface area contributed by atoms with Crippen LogP contribution >= 0.6 is 0 Å². The van der Waals surface area contributed by atoms with E-state index in [0.717, 1.165) is 21.7 Å². The van der Waals surface area contributed by atoms with E-state index in [9.17, 15) is 18.0 Å². The molecule has 0 fully saturated rings. The maximum absolute atomic E-state index is 13.7. The van der Waals surface area contributed by atoms with Crippen molar-refractivity contribution in [2.45, 2.75) is 66.0 Å². The zero-order valence-corrected chi connectivity index (χ0v) is 23.4. The first-order valence-corrected chi connectivity index (χ1v) is 14.3. The van der Waals surface area contributed by atoms with Crippen LogP contribution in [0.1, 0.15) is 59.1 Å². The van der Waals surface area contributed by atoms with Crippen LogP contribution in [0.15, 0.2) is 54.6 Å². The topological polar surface area (TPSA) is 86.8 Å². The van der Waals surface area contributed by atoms with Gasteiger partial charge in [-0.05, 0) is 41.0 Å². The fraction of sp³-hybridized carbons (Fsp3) is 0.500. The maximum atomic E-state index is 13.7. The maximum Gasteiger partial charge on any atom is 0.244 e. The molecule has 7 nitrogen and oxygen atoms in total. The van der Waals surface area contributed by atoms with E-state index in [-0.39, 0.29) is 23.8 Å². The molecule has 0 bridgehead atoms. The van der Waals surface area contributed by atoms with Gasteiger partial charge in [0, 0.05) is 13.1 Å². The van der Waals surface area contributed by atoms with Gasteiger partial charge in [-0.3, -0.25) is 13.9 Å². The average molecular weight is 516 g/mol. The van der Waals surface area contributed by atoms with Crippen molar-refractivity contribution in [3.8, 4) is 0 Å². The van der Waals surface area contributed by atoms with E-state index >= 15 is 0 Å². The Balaban J connectivity index is 2.40. The summed E-state index contributed by atoms with van der Waals surface area (Å²) in [7, 11) is -3.76. The van der Waals surface area contributed by atoms with E-state index in [4.69, 9.17) is 0 Å². The number of hydrogen-bond acceptors (Lipinski definition) is 4. The molecule has 0 spiro atoms. The SMILES string of the molecule is CC[C@H](C(=O)NCC(C)C)N(Cc1ccccc1)C(=O)CN(c1ccc(C(C)(C)C)cc1)S(C)(=O)=O. The molecule has 2 rings (SSSR count). The molecule has 1 atom stereocenters. The lowest BCUT2D eigenvalue weighted by Gasteiger charge is -2.33. The Bertz CT molecular complexity index is 1110. The molecule has 0 radical (unpaired) electrons. The molecule has 2 aromatic rings. The summed E-state index contributed by atoms with van der Waals surface area (Å²) in [5.74, 6) is -0.409. The third-order valence-corrected chi connectivity index (χ3v) is 7.11. The molecule has 198 valence electrons. The van der Waals surface area contributed by atoms with Crippen molar-refractivity contribution in [3.63, 3.8) is 0 Å². The van der Waals surface area contributed by atoms with Crippen molar-refractivity contribution in [1.82, 2.24) is 10.2 Å². The minimum atomic E-state index is -3.76. The zero-order chi connectivity index (χ0) is 27.1. The molecule has 2 amide bonds. The standard InChI is InChI=1S/C28H41N3O4S/c1-8-25(27(33)29-18-21(2)3)30(19-22-12-10-9-11-13-22)26(32)20-31(36(7,34)35)24-16-14-23(15-17-24)28(4,5)6/h9-17,21,25H,8,18-20H2,1-7H3,(H,29,33)/t25-/m1/s1. The molecule has 0 heterocycles. The van der Waals surface area contributed by atoms with Gasteiger partial charge in [0.1, 0.15) is 12.6 Å². The van der Waals surface area contributed by atoms with Crippen LogP contribution in [0.4, 0.5) is 5.69 Å². The van der Waals surface area contributed by atoms with E-state index in [1.54, 1.807) is 12.1 Å². The predicted molar refractivity (Wildman–Crippen MR) is 146 cm³/mol. The van der Waals surface area contributed by atoms with E-state index in [1.807, 2.05) is 63.2 Å². The normalized spacial score (nSPS) is 12.8. The van der Waals surface area contributed by atoms with Crippen molar-refractivity contribution in [1.29, 1.82) is 0 Å². The van der Waals surface area contributed by atoms with Gasteiger partial charge in [-0.15, -0.1) is 0 Å². The van der Waals surface area contributed by atoms with Crippen LogP contribution in [0.25, 0.3) is 0 Å². The van der Waals surface area contributed by atoms with E-state index in [2.05, 4.69) is 26.1 Å². The van der Waals surface area contributed by atoms with E-state index in [0.29, 0.717) is 18.7 Å². The summed E-state index contributed by atoms with van der Waals surface area (Å²) in [6.45, 7) is 12.4. The van der Waals surface area contributed by atoms with Crippen molar-refractivity contribution < 1.29 is 18.0 Å². The summed E-state index contributed by atoms with van der Waals surface area (Å²) in [4.78, 5) is 28.2. The van der Waals surface area contributed by atoms with Crippen molar-refractivity contribution >= 4 is 27.5 Å². The summed E-state index contributed by atoms with van der Waals surface area (Å²) in [6.07, 6.45) is 1.49. The minimum absolute atomic E-state index is 0.0888. The van der Waals surface area contributed by atoms with Gasteiger partial charge in [-0.2, -0.15) is 0 Å². The quantitative estimate of drug-likeness (QED) is 0.483. The summed E-state index contributed by atoms with van der Waals surface area (Å²) in [6, 6.07) is 15.9. The number of sulfonamides is 1. The highest BCUT2D eigenvalue weighted by molar-refractivity contribution is 7.92. The van der Waals surface area contributed by atoms with Gasteiger partial charge in [-0.1, -0.05) is 84.0 Å². The molecule has 0 aromatic heterocycles. The Kier molecular flexibility index (Phi) is 10.1. The molecule has 0 saturated carbocycles. The lowest BCUT2D eigenvalue weighted by Crippen LogP contribution is -2.52. The van der Waals surface area contributed by atoms with Gasteiger partial charge in [-0.25, -0.2) is 8.42 Å². The second-order valence-electron chi connectivity index (χ2n) is 10.6. The average Bonchev–Trinajstić information content (AvgIpc) is 2.80. The summed E-state index contributed by atoms with van der Waals surface area (Å²) < 4.78 is 26.6. The van der Waals surface area contributed by atoms with Gasteiger partial charge < -0.3 is 10.2 Å². The molecule has 1 N–H and O–H groups in total. The van der Waals surface area contributed by atoms with Crippen LogP contribution in [0.5, 0.6) is 0 Å². The fourth-order valence-corrected chi connectivity index (χ4v) is 4.71. The second-order valence-corrected chi connectivity index (χ2v) is 12.5. The molecule has 2 aromatic carbocycles. The van der Waals surface area contributed by atoms with E-state index in [1.165, 1.54) is 4.90 Å². The van der Waals surface area contributed by atoms with Crippen LogP contribution in [0.2, 0.25) is 0 Å². The number of nitrogens with one attached hydrogen (secondary N) is 1. The van der Waals surface area contributed by atoms with Gasteiger partial charge in [0.15, 0.2) is 0 Å². The number of hydrogen-bond donors (Lipinski definition) is 1. The minimum Gasteiger partial charge on any atom is -0.354 e. The molecule has 36 heavy (non-hydrogen) atoms. The number of rotatable bonds is 11. The zero-order valence-electron chi connectivity index (χ0n) is 22.6. The second kappa shape index (κ2) is 12.4. The number of nitrogens with zero attached hydrogens (tertiary/aromatic N) is 2. The van der Waals surface area contributed by atoms with Crippen molar-refractivity contribution in [2.24, 2.45) is 5.92 Å². The number of carbonyl (C=O) groups excluding carboxylic acids is 2. The molecule has 0 unspecified atom stereocenters. The third kappa shape index (κ3) is 8.36. The Morgan fingerprint density at radius 2 is 1.56 bits per heavy atom. The fourth-order valence-electron chi connectivity index (χ4n) is 3.86. The van der Waals surface area contributed by atoms with Gasteiger partial charge in [0.05, 0.1) is 11.9 Å². The predicted octanol–water partition coefficient (Wildman–Crippen LogP) is 4.33. The van der Waals surface area contributed by atoms with E-state index < -0.39 is 28.5 Å². The lowest BCUT2D eigenvalue weighted by atomic mass is 9.87. The van der Waals surface area contributed by atoms with Crippen LogP contribution in [0.3, 0.4) is 0 Å². The molecule has 8 heteroatoms. The van der Waals surface area contributed by atoms with Crippen LogP contribution in [-0.4, -0.2) is 50.5 Å². The van der Waals surface area contributed by atoms with Crippen molar-refractivity contribution in [2.75, 3.05) is 23.7 Å². The van der Waals surface area contributed by atoms with Gasteiger partial charge in [0.2, 0.25) is 21.8 Å². The number of amides is 2. The Morgan fingerprint density at radius 3 is 2.03 bits per heavy atom. The highest BCUT2D eigenvalue weighted by atomic mass is 32.2. The van der Waals surface area contributed by atoms with Crippen LogP contribution in [0, 0.1) is 5.92 Å². The Morgan fingerprint density at radius 1 is 0.972 bits per heavy atom. The van der Waals surface area contributed by atoms with Crippen LogP contribution in [-0.2, 0) is 31.6 Å². The highest BCUT2D eigenvalue weighted by Crippen LogP contribution is 2.26. The largest absolute Gasteiger partial charge is 0.354 e. The molecule has 0 aliphatic carbocycles. The summed E-state index contributed by atoms with van der Waals surface area (Å²) >= 11 is 0. The Labute approximate surface area is 216 Å². The summed E-state index contributed by atoms with van der Waals surface area (Å²) in [5.41, 5.74) is 2.25. The molecule has 0 saturated heterocycles. The van der Waals surface area contributed by atoms with Crippen molar-refractivity contribution in [3.05, 3.63) is 65.7 Å². The summed E-state index contributed by atoms with van der Waals surface area (Å²) in [5, 5.41) is 2.93. The first-order chi connectivity index (χ1) is 16.7. The smallest absolute Gasteiger partial charge is 0.244 e. The lowest BCUT2D eigenvalue weighted by molar-refractivity contribution is -0.140. The molecule has 0 aliphatic heterocycles. The number of carbonyl (C=O) groups is 2. The number of anilines is 1. The number of benzene rings is 2. The molecule has 0 aliphatic rings. The molecular formula is C28H41N3O4S. The Hall–Kier alpha value is -2.87. The first kappa shape index (κ1) is 29.4. The van der Waals surface area contributed by atoms with Gasteiger partial charge in [0.25, 0.3) is 0 Å². The third-order valence-electron chi connectivity index (χ3n) is 5.97. The molecular weight excluding hydrogens is 474 g/mol. The van der Waals surface area contributed by atoms with Gasteiger partial charge >= 0.3 is 0 Å².